The Morgan fingerprint density at radius 3 is 2.38 bits per heavy atom. The summed E-state index contributed by atoms with van der Waals surface area (Å²) in [5.41, 5.74) is 2.92. The van der Waals surface area contributed by atoms with Crippen molar-refractivity contribution < 1.29 is 13.6 Å². The number of aryl methyl sites for hydroxylation is 3. The van der Waals surface area contributed by atoms with E-state index in [9.17, 15) is 14.0 Å². The van der Waals surface area contributed by atoms with Crippen molar-refractivity contribution in [3.05, 3.63) is 75.1 Å². The summed E-state index contributed by atoms with van der Waals surface area (Å²) in [5, 5.41) is 3.32. The second kappa shape index (κ2) is 5.92. The Morgan fingerprint density at radius 1 is 1.04 bits per heavy atom. The maximum Gasteiger partial charge on any atom is 0.344 e. The van der Waals surface area contributed by atoms with E-state index < -0.39 is 17.3 Å². The molecular weight excluding hydrogens is 309 g/mol. The van der Waals surface area contributed by atoms with Crippen LogP contribution in [-0.4, -0.2) is 5.91 Å². The van der Waals surface area contributed by atoms with Crippen LogP contribution in [0.1, 0.15) is 27.2 Å². The Labute approximate surface area is 137 Å². The smallest absolute Gasteiger partial charge is 0.344 e. The van der Waals surface area contributed by atoms with Gasteiger partial charge in [0.15, 0.2) is 5.76 Å². The molecule has 1 amide bonds. The number of amides is 1. The van der Waals surface area contributed by atoms with Crippen molar-refractivity contribution in [2.24, 2.45) is 0 Å². The number of benzene rings is 2. The van der Waals surface area contributed by atoms with Gasteiger partial charge >= 0.3 is 5.63 Å². The van der Waals surface area contributed by atoms with E-state index in [1.54, 1.807) is 0 Å². The Kier molecular flexibility index (Phi) is 3.93. The first kappa shape index (κ1) is 15.9. The zero-order chi connectivity index (χ0) is 17.4. The molecule has 5 heteroatoms. The molecule has 3 rings (SSSR count). The highest BCUT2D eigenvalue weighted by molar-refractivity contribution is 6.04. The first-order chi connectivity index (χ1) is 11.3. The van der Waals surface area contributed by atoms with Crippen LogP contribution >= 0.6 is 0 Å². The number of carbonyl (C=O) groups is 1. The molecule has 0 saturated heterocycles. The van der Waals surface area contributed by atoms with Crippen molar-refractivity contribution in [2.75, 3.05) is 5.32 Å². The quantitative estimate of drug-likeness (QED) is 0.771. The van der Waals surface area contributed by atoms with E-state index in [0.29, 0.717) is 11.1 Å². The lowest BCUT2D eigenvalue weighted by atomic mass is 10.0. The maximum absolute atomic E-state index is 13.4. The summed E-state index contributed by atoms with van der Waals surface area (Å²) in [5.74, 6) is -1.18. The molecule has 0 atom stereocenters. The van der Waals surface area contributed by atoms with Crippen molar-refractivity contribution >= 4 is 22.4 Å². The first-order valence-corrected chi connectivity index (χ1v) is 7.48. The molecule has 122 valence electrons. The van der Waals surface area contributed by atoms with Gasteiger partial charge in [0, 0.05) is 5.69 Å². The highest BCUT2D eigenvalue weighted by atomic mass is 19.1. The van der Waals surface area contributed by atoms with Gasteiger partial charge in [-0.05, 0) is 61.5 Å². The summed E-state index contributed by atoms with van der Waals surface area (Å²) < 4.78 is 18.4. The van der Waals surface area contributed by atoms with E-state index in [1.165, 1.54) is 24.3 Å². The minimum absolute atomic E-state index is 0.155. The van der Waals surface area contributed by atoms with Crippen molar-refractivity contribution in [1.82, 2.24) is 0 Å². The van der Waals surface area contributed by atoms with Crippen LogP contribution in [0.2, 0.25) is 0 Å². The van der Waals surface area contributed by atoms with Gasteiger partial charge in [0.05, 0.1) is 5.39 Å². The molecule has 1 aromatic heterocycles. The largest absolute Gasteiger partial charge is 0.417 e. The molecule has 0 bridgehead atoms. The number of hydrogen-bond acceptors (Lipinski definition) is 3. The molecule has 3 aromatic rings. The molecule has 0 radical (unpaired) electrons. The van der Waals surface area contributed by atoms with Gasteiger partial charge in [-0.2, -0.15) is 0 Å². The highest BCUT2D eigenvalue weighted by Crippen LogP contribution is 2.23. The summed E-state index contributed by atoms with van der Waals surface area (Å²) in [6.45, 7) is 5.76. The first-order valence-electron chi connectivity index (χ1n) is 7.48. The summed E-state index contributed by atoms with van der Waals surface area (Å²) >= 11 is 0. The maximum atomic E-state index is 13.4. The van der Waals surface area contributed by atoms with E-state index in [-0.39, 0.29) is 11.1 Å². The SMILES string of the molecule is Cc1cc(C)c(NC(=O)c2cc3cc(F)ccc3c(=O)o2)c(C)c1. The number of anilines is 1. The minimum Gasteiger partial charge on any atom is -0.417 e. The summed E-state index contributed by atoms with van der Waals surface area (Å²) in [6, 6.07) is 8.99. The standard InChI is InChI=1S/C19H16FNO3/c1-10-6-11(2)17(12(3)7-10)21-18(22)16-9-13-8-14(20)4-5-15(13)19(23)24-16/h4-9H,1-3H3,(H,21,22). The van der Waals surface area contributed by atoms with Crippen LogP contribution in [0.3, 0.4) is 0 Å². The van der Waals surface area contributed by atoms with Gasteiger partial charge < -0.3 is 9.73 Å². The fourth-order valence-electron chi connectivity index (χ4n) is 2.83. The average molecular weight is 325 g/mol. The summed E-state index contributed by atoms with van der Waals surface area (Å²) in [4.78, 5) is 24.4. The number of fused-ring (bicyclic) bond motifs is 1. The lowest BCUT2D eigenvalue weighted by molar-refractivity contribution is 0.0993. The van der Waals surface area contributed by atoms with Crippen LogP contribution < -0.4 is 10.9 Å². The second-order valence-electron chi connectivity index (χ2n) is 5.86. The monoisotopic (exact) mass is 325 g/mol. The Bertz CT molecular complexity index is 998. The minimum atomic E-state index is -0.671. The van der Waals surface area contributed by atoms with Crippen LogP contribution in [0.25, 0.3) is 10.8 Å². The van der Waals surface area contributed by atoms with E-state index in [0.717, 1.165) is 16.7 Å². The fourth-order valence-corrected chi connectivity index (χ4v) is 2.83. The highest BCUT2D eigenvalue weighted by Gasteiger charge is 2.15. The topological polar surface area (TPSA) is 59.3 Å². The van der Waals surface area contributed by atoms with Gasteiger partial charge in [-0.15, -0.1) is 0 Å². The average Bonchev–Trinajstić information content (AvgIpc) is 2.50. The molecule has 0 aliphatic carbocycles. The zero-order valence-corrected chi connectivity index (χ0v) is 13.6. The lowest BCUT2D eigenvalue weighted by Crippen LogP contribution is -2.16. The van der Waals surface area contributed by atoms with Crippen LogP contribution in [0.15, 0.2) is 45.6 Å². The van der Waals surface area contributed by atoms with E-state index in [2.05, 4.69) is 5.32 Å². The van der Waals surface area contributed by atoms with Crippen molar-refractivity contribution in [1.29, 1.82) is 0 Å². The lowest BCUT2D eigenvalue weighted by Gasteiger charge is -2.12. The van der Waals surface area contributed by atoms with Gasteiger partial charge in [-0.3, -0.25) is 4.79 Å². The van der Waals surface area contributed by atoms with Crippen LogP contribution in [0, 0.1) is 26.6 Å². The van der Waals surface area contributed by atoms with Gasteiger partial charge in [0.1, 0.15) is 5.82 Å². The van der Waals surface area contributed by atoms with Crippen molar-refractivity contribution in [3.8, 4) is 0 Å². The molecule has 1 heterocycles. The molecule has 0 unspecified atom stereocenters. The van der Waals surface area contributed by atoms with E-state index >= 15 is 0 Å². The third-order valence-corrected chi connectivity index (χ3v) is 3.86. The Balaban J connectivity index is 2.02. The zero-order valence-electron chi connectivity index (χ0n) is 13.6. The van der Waals surface area contributed by atoms with Crippen LogP contribution in [-0.2, 0) is 0 Å². The fraction of sp³-hybridized carbons (Fsp3) is 0.158. The Morgan fingerprint density at radius 2 is 1.71 bits per heavy atom. The van der Waals surface area contributed by atoms with Crippen LogP contribution in [0.4, 0.5) is 10.1 Å². The third kappa shape index (κ3) is 2.93. The Hall–Kier alpha value is -2.95. The normalized spacial score (nSPS) is 10.8. The predicted molar refractivity (Wildman–Crippen MR) is 91.0 cm³/mol. The number of carbonyl (C=O) groups excluding carboxylic acids is 1. The van der Waals surface area contributed by atoms with Crippen molar-refractivity contribution in [2.45, 2.75) is 20.8 Å². The molecule has 0 saturated carbocycles. The molecule has 2 aromatic carbocycles. The van der Waals surface area contributed by atoms with Gasteiger partial charge in [0.25, 0.3) is 5.91 Å². The number of halogens is 1. The predicted octanol–water partition coefficient (Wildman–Crippen LogP) is 4.11. The molecule has 0 fully saturated rings. The summed E-state index contributed by atoms with van der Waals surface area (Å²) in [6.07, 6.45) is 0. The third-order valence-electron chi connectivity index (χ3n) is 3.86. The summed E-state index contributed by atoms with van der Waals surface area (Å²) in [7, 11) is 0. The van der Waals surface area contributed by atoms with Crippen LogP contribution in [0.5, 0.6) is 0 Å². The van der Waals surface area contributed by atoms with E-state index in [1.807, 2.05) is 32.9 Å². The van der Waals surface area contributed by atoms with E-state index in [4.69, 9.17) is 4.42 Å². The number of nitrogens with one attached hydrogen (secondary N) is 1. The molecule has 0 aliphatic rings. The van der Waals surface area contributed by atoms with Gasteiger partial charge in [0.2, 0.25) is 0 Å². The van der Waals surface area contributed by atoms with Gasteiger partial charge in [-0.25, -0.2) is 9.18 Å². The molecule has 4 nitrogen and oxygen atoms in total. The molecule has 24 heavy (non-hydrogen) atoms. The molecule has 0 spiro atoms. The molecule has 1 N–H and O–H groups in total. The van der Waals surface area contributed by atoms with Gasteiger partial charge in [-0.1, -0.05) is 17.7 Å². The molecular formula is C19H16FNO3. The second-order valence-corrected chi connectivity index (χ2v) is 5.86. The van der Waals surface area contributed by atoms with Crippen molar-refractivity contribution in [3.63, 3.8) is 0 Å². The number of hydrogen-bond donors (Lipinski definition) is 1. The number of rotatable bonds is 2. The molecule has 0 aliphatic heterocycles.